The summed E-state index contributed by atoms with van der Waals surface area (Å²) in [5, 5.41) is 0. The summed E-state index contributed by atoms with van der Waals surface area (Å²) in [6, 6.07) is 6.50. The second-order valence-electron chi connectivity index (χ2n) is 7.12. The molecule has 0 saturated carbocycles. The van der Waals surface area contributed by atoms with Crippen molar-refractivity contribution in [3.05, 3.63) is 35.4 Å². The summed E-state index contributed by atoms with van der Waals surface area (Å²) in [6.45, 7) is 9.04. The van der Waals surface area contributed by atoms with E-state index in [0.717, 1.165) is 4.90 Å². The van der Waals surface area contributed by atoms with Gasteiger partial charge in [-0.2, -0.15) is 0 Å². The van der Waals surface area contributed by atoms with Crippen LogP contribution in [0, 0.1) is 0 Å². The van der Waals surface area contributed by atoms with Gasteiger partial charge in [-0.05, 0) is 46.8 Å². The van der Waals surface area contributed by atoms with Crippen molar-refractivity contribution in [3.8, 4) is 0 Å². The maximum atomic E-state index is 12.5. The molecule has 0 spiro atoms. The van der Waals surface area contributed by atoms with Gasteiger partial charge in [-0.1, -0.05) is 12.1 Å². The average Bonchev–Trinajstić information content (AvgIpc) is 2.83. The van der Waals surface area contributed by atoms with Crippen molar-refractivity contribution in [2.75, 3.05) is 6.54 Å². The minimum absolute atomic E-state index is 0.0167. The predicted octanol–water partition coefficient (Wildman–Crippen LogP) is 2.25. The van der Waals surface area contributed by atoms with Gasteiger partial charge >= 0.3 is 5.97 Å². The molecule has 2 rings (SSSR count). The highest BCUT2D eigenvalue weighted by Gasteiger charge is 2.35. The molecule has 7 nitrogen and oxygen atoms in total. The first-order valence-corrected chi connectivity index (χ1v) is 9.12. The molecule has 0 bridgehead atoms. The van der Waals surface area contributed by atoms with Gasteiger partial charge in [-0.3, -0.25) is 24.1 Å². The van der Waals surface area contributed by atoms with Crippen molar-refractivity contribution in [2.45, 2.75) is 59.2 Å². The van der Waals surface area contributed by atoms with E-state index in [1.807, 2.05) is 27.7 Å². The molecule has 0 saturated heterocycles. The molecule has 146 valence electrons. The van der Waals surface area contributed by atoms with Crippen LogP contribution in [0.15, 0.2) is 24.3 Å². The monoisotopic (exact) mass is 374 g/mol. The molecule has 0 N–H and O–H groups in total. The van der Waals surface area contributed by atoms with Gasteiger partial charge in [0, 0.05) is 18.6 Å². The standard InChI is InChI=1S/C20H26N2O5/c1-12(2)22(13(3)4)18(24)14(5)27-17(23)10-11-21-19(25)15-8-6-7-9-16(15)20(21)26/h6-9,12-14H,10-11H2,1-5H3/t14-/m0/s1. The topological polar surface area (TPSA) is 84.0 Å². The maximum Gasteiger partial charge on any atom is 0.308 e. The molecular weight excluding hydrogens is 348 g/mol. The molecule has 0 radical (unpaired) electrons. The van der Waals surface area contributed by atoms with E-state index in [1.54, 1.807) is 29.2 Å². The van der Waals surface area contributed by atoms with Crippen molar-refractivity contribution in [2.24, 2.45) is 0 Å². The molecule has 1 heterocycles. The fourth-order valence-corrected chi connectivity index (χ4v) is 3.27. The molecule has 1 atom stereocenters. The lowest BCUT2D eigenvalue weighted by atomic mass is 10.1. The number of hydrogen-bond donors (Lipinski definition) is 0. The summed E-state index contributed by atoms with van der Waals surface area (Å²) < 4.78 is 5.22. The van der Waals surface area contributed by atoms with Crippen molar-refractivity contribution in [3.63, 3.8) is 0 Å². The van der Waals surface area contributed by atoms with Crippen LogP contribution < -0.4 is 0 Å². The second-order valence-corrected chi connectivity index (χ2v) is 7.12. The highest BCUT2D eigenvalue weighted by atomic mass is 16.5. The van der Waals surface area contributed by atoms with E-state index < -0.39 is 23.9 Å². The van der Waals surface area contributed by atoms with Gasteiger partial charge in [0.2, 0.25) is 0 Å². The van der Waals surface area contributed by atoms with Crippen LogP contribution in [0.2, 0.25) is 0 Å². The smallest absolute Gasteiger partial charge is 0.308 e. The minimum atomic E-state index is -0.926. The quantitative estimate of drug-likeness (QED) is 0.540. The molecule has 1 aliphatic rings. The first kappa shape index (κ1) is 20.6. The molecular formula is C20H26N2O5. The Kier molecular flexibility index (Phi) is 6.36. The van der Waals surface area contributed by atoms with Gasteiger partial charge in [0.25, 0.3) is 17.7 Å². The Morgan fingerprint density at radius 1 is 0.963 bits per heavy atom. The van der Waals surface area contributed by atoms with E-state index in [1.165, 1.54) is 6.92 Å². The number of ether oxygens (including phenoxy) is 1. The first-order chi connectivity index (χ1) is 12.6. The van der Waals surface area contributed by atoms with Crippen LogP contribution >= 0.6 is 0 Å². The van der Waals surface area contributed by atoms with Crippen LogP contribution in [0.3, 0.4) is 0 Å². The number of carbonyl (C=O) groups excluding carboxylic acids is 4. The Hall–Kier alpha value is -2.70. The lowest BCUT2D eigenvalue weighted by Crippen LogP contribution is -2.47. The third-order valence-electron chi connectivity index (χ3n) is 4.44. The van der Waals surface area contributed by atoms with Gasteiger partial charge in [0.15, 0.2) is 6.10 Å². The van der Waals surface area contributed by atoms with E-state index in [-0.39, 0.29) is 31.0 Å². The van der Waals surface area contributed by atoms with Gasteiger partial charge in [0.1, 0.15) is 0 Å². The zero-order chi connectivity index (χ0) is 20.3. The summed E-state index contributed by atoms with van der Waals surface area (Å²) >= 11 is 0. The van der Waals surface area contributed by atoms with Crippen LogP contribution in [0.1, 0.15) is 61.8 Å². The third-order valence-corrected chi connectivity index (χ3v) is 4.44. The number of fused-ring (bicyclic) bond motifs is 1. The van der Waals surface area contributed by atoms with Crippen LogP contribution in [0.25, 0.3) is 0 Å². The molecule has 7 heteroatoms. The maximum absolute atomic E-state index is 12.5. The zero-order valence-corrected chi connectivity index (χ0v) is 16.4. The number of esters is 1. The van der Waals surface area contributed by atoms with Gasteiger partial charge in [-0.15, -0.1) is 0 Å². The molecule has 3 amide bonds. The Morgan fingerprint density at radius 2 is 1.44 bits per heavy atom. The Labute approximate surface area is 159 Å². The summed E-state index contributed by atoms with van der Waals surface area (Å²) in [5.74, 6) is -1.73. The average molecular weight is 374 g/mol. The zero-order valence-electron chi connectivity index (χ0n) is 16.4. The molecule has 1 aromatic carbocycles. The summed E-state index contributed by atoms with van der Waals surface area (Å²) in [4.78, 5) is 51.9. The van der Waals surface area contributed by atoms with Crippen LogP contribution in [-0.2, 0) is 14.3 Å². The largest absolute Gasteiger partial charge is 0.452 e. The number of rotatable bonds is 7. The van der Waals surface area contributed by atoms with Crippen molar-refractivity contribution < 1.29 is 23.9 Å². The van der Waals surface area contributed by atoms with Crippen molar-refractivity contribution in [1.82, 2.24) is 9.80 Å². The molecule has 0 aromatic heterocycles. The molecule has 0 aliphatic carbocycles. The number of carbonyl (C=O) groups is 4. The number of benzene rings is 1. The summed E-state index contributed by atoms with van der Waals surface area (Å²) in [7, 11) is 0. The normalized spacial score (nSPS) is 14.6. The van der Waals surface area contributed by atoms with Gasteiger partial charge in [0.05, 0.1) is 17.5 Å². The van der Waals surface area contributed by atoms with Crippen LogP contribution in [0.4, 0.5) is 0 Å². The number of imide groups is 1. The second kappa shape index (κ2) is 8.33. The Bertz CT molecular complexity index is 713. The van der Waals surface area contributed by atoms with E-state index in [2.05, 4.69) is 0 Å². The van der Waals surface area contributed by atoms with E-state index in [4.69, 9.17) is 4.74 Å². The SMILES string of the molecule is CC(C)N(C(=O)[C@H](C)OC(=O)CCN1C(=O)c2ccccc2C1=O)C(C)C. The van der Waals surface area contributed by atoms with Gasteiger partial charge < -0.3 is 9.64 Å². The van der Waals surface area contributed by atoms with Crippen LogP contribution in [0.5, 0.6) is 0 Å². The fraction of sp³-hybridized carbons (Fsp3) is 0.500. The third kappa shape index (κ3) is 4.35. The lowest BCUT2D eigenvalue weighted by molar-refractivity contribution is -0.161. The molecule has 1 aliphatic heterocycles. The molecule has 0 fully saturated rings. The number of hydrogen-bond acceptors (Lipinski definition) is 5. The van der Waals surface area contributed by atoms with E-state index in [9.17, 15) is 19.2 Å². The number of amides is 3. The predicted molar refractivity (Wildman–Crippen MR) is 99.1 cm³/mol. The van der Waals surface area contributed by atoms with Crippen molar-refractivity contribution >= 4 is 23.7 Å². The first-order valence-electron chi connectivity index (χ1n) is 9.12. The number of nitrogens with zero attached hydrogens (tertiary/aromatic N) is 2. The Morgan fingerprint density at radius 3 is 1.89 bits per heavy atom. The highest BCUT2D eigenvalue weighted by Crippen LogP contribution is 2.22. The summed E-state index contributed by atoms with van der Waals surface area (Å²) in [5.41, 5.74) is 0.674. The van der Waals surface area contributed by atoms with Crippen LogP contribution in [-0.4, -0.2) is 58.2 Å². The van der Waals surface area contributed by atoms with E-state index >= 15 is 0 Å². The van der Waals surface area contributed by atoms with Gasteiger partial charge in [-0.25, -0.2) is 0 Å². The minimum Gasteiger partial charge on any atom is -0.452 e. The lowest BCUT2D eigenvalue weighted by Gasteiger charge is -2.32. The molecule has 27 heavy (non-hydrogen) atoms. The fourth-order valence-electron chi connectivity index (χ4n) is 3.27. The summed E-state index contributed by atoms with van der Waals surface area (Å²) in [6.07, 6.45) is -1.09. The molecule has 1 aromatic rings. The highest BCUT2D eigenvalue weighted by molar-refractivity contribution is 6.21. The Balaban J connectivity index is 1.92. The van der Waals surface area contributed by atoms with Crippen molar-refractivity contribution in [1.29, 1.82) is 0 Å². The van der Waals surface area contributed by atoms with E-state index in [0.29, 0.717) is 11.1 Å². The molecule has 0 unspecified atom stereocenters.